The molecule has 0 aliphatic heterocycles. The van der Waals surface area contributed by atoms with Crippen LogP contribution in [0.1, 0.15) is 30.0 Å². The second kappa shape index (κ2) is 9.85. The smallest absolute Gasteiger partial charge is 0.347 e. The fraction of sp³-hybridized carbons (Fsp3) is 0.200. The molecular formula is C25H24O5. The monoisotopic (exact) mass is 404 g/mol. The van der Waals surface area contributed by atoms with Gasteiger partial charge in [-0.1, -0.05) is 97.9 Å². The topological polar surface area (TPSA) is 72.8 Å². The standard InChI is InChI=1S/C25H24O5/c1-2-23(26)30-22(24(27)28)18-29-25(19-12-6-3-7-13-19,20-14-8-4-9-15-20)21-16-10-5-11-17-21/h3-17,22H,2,18H2,1H3,(H,27,28). The van der Waals surface area contributed by atoms with E-state index in [0.717, 1.165) is 16.7 Å². The van der Waals surface area contributed by atoms with Gasteiger partial charge in [-0.05, 0) is 16.7 Å². The van der Waals surface area contributed by atoms with E-state index in [1.807, 2.05) is 91.0 Å². The highest BCUT2D eigenvalue weighted by atomic mass is 16.6. The minimum atomic E-state index is -1.41. The first-order valence-electron chi connectivity index (χ1n) is 9.80. The van der Waals surface area contributed by atoms with Crippen LogP contribution in [0.5, 0.6) is 0 Å². The number of hydrogen-bond acceptors (Lipinski definition) is 4. The Kier molecular flexibility index (Phi) is 6.99. The summed E-state index contributed by atoms with van der Waals surface area (Å²) < 4.78 is 11.5. The van der Waals surface area contributed by atoms with Gasteiger partial charge in [0, 0.05) is 6.42 Å². The van der Waals surface area contributed by atoms with Crippen molar-refractivity contribution in [3.05, 3.63) is 108 Å². The Hall–Kier alpha value is -3.44. The van der Waals surface area contributed by atoms with Crippen molar-refractivity contribution in [3.63, 3.8) is 0 Å². The summed E-state index contributed by atoms with van der Waals surface area (Å²) in [5.74, 6) is -1.84. The van der Waals surface area contributed by atoms with E-state index in [4.69, 9.17) is 9.47 Å². The lowest BCUT2D eigenvalue weighted by Crippen LogP contribution is -2.39. The van der Waals surface area contributed by atoms with Gasteiger partial charge >= 0.3 is 11.9 Å². The van der Waals surface area contributed by atoms with E-state index in [0.29, 0.717) is 0 Å². The molecule has 1 atom stereocenters. The molecule has 1 N–H and O–H groups in total. The minimum Gasteiger partial charge on any atom is -0.478 e. The Labute approximate surface area is 175 Å². The zero-order valence-corrected chi connectivity index (χ0v) is 16.7. The third-order valence-electron chi connectivity index (χ3n) is 4.83. The van der Waals surface area contributed by atoms with E-state index in [1.165, 1.54) is 0 Å². The number of benzene rings is 3. The van der Waals surface area contributed by atoms with Crippen molar-refractivity contribution in [1.82, 2.24) is 0 Å². The summed E-state index contributed by atoms with van der Waals surface area (Å²) in [6, 6.07) is 28.8. The number of carbonyl (C=O) groups excluding carboxylic acids is 1. The van der Waals surface area contributed by atoms with Gasteiger partial charge in [-0.25, -0.2) is 4.79 Å². The number of hydrogen-bond donors (Lipinski definition) is 1. The lowest BCUT2D eigenvalue weighted by molar-refractivity contribution is -0.170. The number of carbonyl (C=O) groups is 2. The molecule has 0 bridgehead atoms. The van der Waals surface area contributed by atoms with Gasteiger partial charge in [0.1, 0.15) is 5.60 Å². The molecular weight excluding hydrogens is 380 g/mol. The lowest BCUT2D eigenvalue weighted by Gasteiger charge is -2.36. The molecule has 0 saturated carbocycles. The third-order valence-corrected chi connectivity index (χ3v) is 4.83. The first-order chi connectivity index (χ1) is 14.6. The molecule has 1 unspecified atom stereocenters. The molecule has 0 fully saturated rings. The van der Waals surface area contributed by atoms with Crippen LogP contribution < -0.4 is 0 Å². The summed E-state index contributed by atoms with van der Waals surface area (Å²) in [4.78, 5) is 23.4. The summed E-state index contributed by atoms with van der Waals surface area (Å²) in [6.07, 6.45) is -1.32. The second-order valence-corrected chi connectivity index (χ2v) is 6.76. The summed E-state index contributed by atoms with van der Waals surface area (Å²) in [6.45, 7) is 1.31. The molecule has 3 aromatic rings. The fourth-order valence-electron chi connectivity index (χ4n) is 3.37. The zero-order chi connectivity index (χ0) is 21.4. The molecule has 30 heavy (non-hydrogen) atoms. The van der Waals surface area contributed by atoms with Gasteiger partial charge < -0.3 is 14.6 Å². The van der Waals surface area contributed by atoms with Crippen molar-refractivity contribution < 1.29 is 24.2 Å². The summed E-state index contributed by atoms with van der Waals surface area (Å²) >= 11 is 0. The molecule has 3 aromatic carbocycles. The van der Waals surface area contributed by atoms with E-state index < -0.39 is 23.6 Å². The molecule has 0 heterocycles. The van der Waals surface area contributed by atoms with Crippen LogP contribution in [0, 0.1) is 0 Å². The van der Waals surface area contributed by atoms with Gasteiger partial charge in [0.05, 0.1) is 6.61 Å². The molecule has 0 aliphatic carbocycles. The predicted octanol–water partition coefficient (Wildman–Crippen LogP) is 4.40. The SMILES string of the molecule is CCC(=O)OC(COC(c1ccccc1)(c1ccccc1)c1ccccc1)C(=O)O. The first-order valence-corrected chi connectivity index (χ1v) is 9.80. The molecule has 0 aliphatic rings. The summed E-state index contributed by atoms with van der Waals surface area (Å²) in [5.41, 5.74) is 1.45. The third kappa shape index (κ3) is 4.58. The molecule has 154 valence electrons. The highest BCUT2D eigenvalue weighted by Crippen LogP contribution is 2.40. The lowest BCUT2D eigenvalue weighted by atomic mass is 9.80. The van der Waals surface area contributed by atoms with Gasteiger partial charge in [-0.15, -0.1) is 0 Å². The molecule has 3 rings (SSSR count). The Morgan fingerprint density at radius 3 is 1.53 bits per heavy atom. The van der Waals surface area contributed by atoms with Crippen LogP contribution in [0.25, 0.3) is 0 Å². The summed E-state index contributed by atoms with van der Waals surface area (Å²) in [5, 5.41) is 9.57. The van der Waals surface area contributed by atoms with Crippen LogP contribution in [0.2, 0.25) is 0 Å². The van der Waals surface area contributed by atoms with Gasteiger partial charge in [0.2, 0.25) is 6.10 Å². The average Bonchev–Trinajstić information content (AvgIpc) is 2.80. The summed E-state index contributed by atoms with van der Waals surface area (Å²) in [7, 11) is 0. The molecule has 0 saturated heterocycles. The van der Waals surface area contributed by atoms with Gasteiger partial charge in [0.15, 0.2) is 0 Å². The van der Waals surface area contributed by atoms with Crippen molar-refractivity contribution in [2.75, 3.05) is 6.61 Å². The van der Waals surface area contributed by atoms with Crippen molar-refractivity contribution in [2.24, 2.45) is 0 Å². The molecule has 0 aromatic heterocycles. The van der Waals surface area contributed by atoms with E-state index in [9.17, 15) is 14.7 Å². The fourth-order valence-corrected chi connectivity index (χ4v) is 3.37. The van der Waals surface area contributed by atoms with Crippen LogP contribution >= 0.6 is 0 Å². The van der Waals surface area contributed by atoms with E-state index in [-0.39, 0.29) is 13.0 Å². The van der Waals surface area contributed by atoms with Crippen molar-refractivity contribution in [3.8, 4) is 0 Å². The molecule has 5 nitrogen and oxygen atoms in total. The predicted molar refractivity (Wildman–Crippen MR) is 113 cm³/mol. The van der Waals surface area contributed by atoms with Crippen LogP contribution in [0.3, 0.4) is 0 Å². The van der Waals surface area contributed by atoms with Crippen LogP contribution in [-0.4, -0.2) is 29.8 Å². The molecule has 0 amide bonds. The molecule has 5 heteroatoms. The van der Waals surface area contributed by atoms with Crippen LogP contribution in [-0.2, 0) is 24.7 Å². The Morgan fingerprint density at radius 2 is 1.20 bits per heavy atom. The van der Waals surface area contributed by atoms with Gasteiger partial charge in [-0.3, -0.25) is 4.79 Å². The first kappa shape index (κ1) is 21.3. The number of ether oxygens (including phenoxy) is 2. The maximum atomic E-state index is 11.7. The maximum absolute atomic E-state index is 11.7. The highest BCUT2D eigenvalue weighted by molar-refractivity contribution is 5.78. The van der Waals surface area contributed by atoms with Crippen molar-refractivity contribution >= 4 is 11.9 Å². The number of carboxylic acid groups (broad SMARTS) is 1. The van der Waals surface area contributed by atoms with E-state index >= 15 is 0 Å². The van der Waals surface area contributed by atoms with Gasteiger partial charge in [0.25, 0.3) is 0 Å². The van der Waals surface area contributed by atoms with E-state index in [2.05, 4.69) is 0 Å². The Balaban J connectivity index is 2.11. The van der Waals surface area contributed by atoms with Crippen molar-refractivity contribution in [2.45, 2.75) is 25.0 Å². The van der Waals surface area contributed by atoms with Crippen LogP contribution in [0.4, 0.5) is 0 Å². The van der Waals surface area contributed by atoms with Crippen molar-refractivity contribution in [1.29, 1.82) is 0 Å². The zero-order valence-electron chi connectivity index (χ0n) is 16.7. The van der Waals surface area contributed by atoms with E-state index in [1.54, 1.807) is 6.92 Å². The Bertz CT molecular complexity index is 858. The molecule has 0 radical (unpaired) electrons. The van der Waals surface area contributed by atoms with Gasteiger partial charge in [-0.2, -0.15) is 0 Å². The number of carboxylic acids is 1. The highest BCUT2D eigenvalue weighted by Gasteiger charge is 2.39. The maximum Gasteiger partial charge on any atom is 0.347 e. The average molecular weight is 404 g/mol. The normalized spacial score (nSPS) is 12.2. The molecule has 0 spiro atoms. The Morgan fingerprint density at radius 1 is 0.800 bits per heavy atom. The van der Waals surface area contributed by atoms with Crippen LogP contribution in [0.15, 0.2) is 91.0 Å². The number of aliphatic carboxylic acids is 1. The number of esters is 1. The minimum absolute atomic E-state index is 0.0883. The quantitative estimate of drug-likeness (QED) is 0.423. The largest absolute Gasteiger partial charge is 0.478 e. The second-order valence-electron chi connectivity index (χ2n) is 6.76. The number of rotatable bonds is 9.